The van der Waals surface area contributed by atoms with Gasteiger partial charge in [0.05, 0.1) is 6.61 Å². The van der Waals surface area contributed by atoms with Gasteiger partial charge in [0.1, 0.15) is 10.6 Å². The van der Waals surface area contributed by atoms with Crippen molar-refractivity contribution in [3.8, 4) is 11.1 Å². The first-order chi connectivity index (χ1) is 14.6. The van der Waals surface area contributed by atoms with Crippen LogP contribution < -0.4 is 5.32 Å². The van der Waals surface area contributed by atoms with Crippen LogP contribution in [0.15, 0.2) is 35.7 Å². The van der Waals surface area contributed by atoms with Crippen molar-refractivity contribution in [3.05, 3.63) is 41.3 Å². The summed E-state index contributed by atoms with van der Waals surface area (Å²) in [6, 6.07) is 7.56. The smallest absolute Gasteiger partial charge is 0.460 e. The minimum absolute atomic E-state index is 0.0139. The number of esters is 1. The van der Waals surface area contributed by atoms with Gasteiger partial charge in [0, 0.05) is 10.9 Å². The zero-order chi connectivity index (χ0) is 24.5. The quantitative estimate of drug-likeness (QED) is 0.381. The van der Waals surface area contributed by atoms with E-state index in [9.17, 15) is 49.1 Å². The second kappa shape index (κ2) is 8.64. The van der Waals surface area contributed by atoms with Crippen LogP contribution >= 0.6 is 11.3 Å². The average Bonchev–Trinajstić information content (AvgIpc) is 3.11. The van der Waals surface area contributed by atoms with E-state index in [2.05, 4.69) is 0 Å². The molecule has 2 aromatic rings. The van der Waals surface area contributed by atoms with Crippen LogP contribution in [0, 0.1) is 0 Å². The summed E-state index contributed by atoms with van der Waals surface area (Å²) in [5.41, 5.74) is -0.244. The number of ether oxygens (including phenoxy) is 1. The molecule has 2 rings (SSSR count). The molecule has 4 nitrogen and oxygen atoms in total. The van der Waals surface area contributed by atoms with E-state index in [1.807, 2.05) is 0 Å². The Labute approximate surface area is 178 Å². The molecule has 14 heteroatoms. The molecule has 0 saturated carbocycles. The van der Waals surface area contributed by atoms with Gasteiger partial charge in [-0.15, -0.1) is 11.3 Å². The Morgan fingerprint density at radius 2 is 1.50 bits per heavy atom. The predicted octanol–water partition coefficient (Wildman–Crippen LogP) is 6.00. The summed E-state index contributed by atoms with van der Waals surface area (Å²) in [5.74, 6) is -25.2. The van der Waals surface area contributed by atoms with Crippen LogP contribution in [0.4, 0.5) is 44.5 Å². The van der Waals surface area contributed by atoms with E-state index in [1.165, 1.54) is 31.2 Å². The molecule has 1 amide bonds. The molecule has 0 bridgehead atoms. The van der Waals surface area contributed by atoms with Crippen LogP contribution in [0.3, 0.4) is 0 Å². The monoisotopic (exact) mass is 493 g/mol. The van der Waals surface area contributed by atoms with Crippen molar-refractivity contribution in [2.24, 2.45) is 0 Å². The van der Waals surface area contributed by atoms with E-state index in [4.69, 9.17) is 4.74 Å². The molecule has 176 valence electrons. The van der Waals surface area contributed by atoms with Crippen LogP contribution in [0.25, 0.3) is 11.1 Å². The number of hydrogen-bond acceptors (Lipinski definition) is 4. The molecule has 0 aliphatic carbocycles. The Hall–Kier alpha value is -2.77. The normalized spacial score (nSPS) is 13.1. The molecule has 0 radical (unpaired) electrons. The molecule has 0 aliphatic rings. The van der Waals surface area contributed by atoms with Crippen LogP contribution in [0.1, 0.15) is 17.3 Å². The minimum Gasteiger partial charge on any atom is -0.462 e. The molecular formula is C18H12F9NO3S. The number of carbonyl (C=O) groups is 2. The van der Waals surface area contributed by atoms with Crippen molar-refractivity contribution < 1.29 is 53.8 Å². The number of alkyl halides is 9. The third kappa shape index (κ3) is 4.27. The van der Waals surface area contributed by atoms with Gasteiger partial charge in [0.25, 0.3) is 0 Å². The summed E-state index contributed by atoms with van der Waals surface area (Å²) in [6.07, 6.45) is -7.07. The van der Waals surface area contributed by atoms with Crippen molar-refractivity contribution in [1.29, 1.82) is 0 Å². The van der Waals surface area contributed by atoms with Crippen molar-refractivity contribution in [2.75, 3.05) is 11.9 Å². The lowest BCUT2D eigenvalue weighted by molar-refractivity contribution is -0.388. The van der Waals surface area contributed by atoms with E-state index in [0.717, 1.165) is 10.7 Å². The molecule has 0 fully saturated rings. The Kier molecular flexibility index (Phi) is 6.88. The molecule has 1 N–H and O–H groups in total. The van der Waals surface area contributed by atoms with E-state index in [0.29, 0.717) is 16.9 Å². The largest absolute Gasteiger partial charge is 0.462 e. The molecule has 0 unspecified atom stereocenters. The van der Waals surface area contributed by atoms with Gasteiger partial charge in [-0.25, -0.2) is 4.79 Å². The van der Waals surface area contributed by atoms with Gasteiger partial charge in [-0.1, -0.05) is 30.3 Å². The Bertz CT molecular complexity index is 987. The molecule has 1 aromatic heterocycles. The van der Waals surface area contributed by atoms with Gasteiger partial charge in [0.2, 0.25) is 0 Å². The lowest BCUT2D eigenvalue weighted by atomic mass is 10.0. The number of rotatable bonds is 7. The van der Waals surface area contributed by atoms with Gasteiger partial charge in [-0.05, 0) is 12.5 Å². The Balaban J connectivity index is 2.49. The molecule has 32 heavy (non-hydrogen) atoms. The van der Waals surface area contributed by atoms with Crippen molar-refractivity contribution in [1.82, 2.24) is 0 Å². The molecule has 0 atom stereocenters. The highest BCUT2D eigenvalue weighted by molar-refractivity contribution is 7.15. The summed E-state index contributed by atoms with van der Waals surface area (Å²) >= 11 is 0.373. The topological polar surface area (TPSA) is 55.4 Å². The maximum Gasteiger partial charge on any atom is 0.460 e. The fraction of sp³-hybridized carbons (Fsp3) is 0.333. The number of nitrogens with one attached hydrogen (secondary N) is 1. The van der Waals surface area contributed by atoms with Crippen LogP contribution in [-0.4, -0.2) is 42.4 Å². The van der Waals surface area contributed by atoms with Crippen LogP contribution in [-0.2, 0) is 9.53 Å². The highest BCUT2D eigenvalue weighted by Gasteiger charge is 2.83. The standard InChI is InChI=1S/C18H12F9NO3S/c1-2-31-13(29)11-10(9-6-4-3-5-7-9)8-32-12(11)28-14(30)15(19,20)16(21,22)17(23,24)18(25,26)27/h3-8H,2H2,1H3,(H,28,30). The fourth-order valence-electron chi connectivity index (χ4n) is 2.39. The number of carbonyl (C=O) groups excluding carboxylic acids is 2. The molecule has 0 spiro atoms. The molecule has 1 heterocycles. The maximum absolute atomic E-state index is 13.9. The lowest BCUT2D eigenvalue weighted by Crippen LogP contribution is -2.64. The number of amides is 1. The number of halogens is 9. The van der Waals surface area contributed by atoms with E-state index >= 15 is 0 Å². The zero-order valence-corrected chi connectivity index (χ0v) is 16.5. The highest BCUT2D eigenvalue weighted by Crippen LogP contribution is 2.53. The second-order valence-electron chi connectivity index (χ2n) is 6.12. The fourth-order valence-corrected chi connectivity index (χ4v) is 3.34. The predicted molar refractivity (Wildman–Crippen MR) is 95.2 cm³/mol. The van der Waals surface area contributed by atoms with Crippen LogP contribution in [0.2, 0.25) is 0 Å². The Morgan fingerprint density at radius 3 is 2.00 bits per heavy atom. The van der Waals surface area contributed by atoms with E-state index in [-0.39, 0.29) is 12.2 Å². The van der Waals surface area contributed by atoms with Gasteiger partial charge in [-0.3, -0.25) is 4.79 Å². The summed E-state index contributed by atoms with van der Waals surface area (Å²) < 4.78 is 122. The summed E-state index contributed by atoms with van der Waals surface area (Å²) in [4.78, 5) is 24.0. The van der Waals surface area contributed by atoms with E-state index in [1.54, 1.807) is 6.07 Å². The van der Waals surface area contributed by atoms with Crippen molar-refractivity contribution in [3.63, 3.8) is 0 Å². The van der Waals surface area contributed by atoms with E-state index < -0.39 is 46.4 Å². The summed E-state index contributed by atoms with van der Waals surface area (Å²) in [7, 11) is 0. The molecule has 0 saturated heterocycles. The Morgan fingerprint density at radius 1 is 0.938 bits per heavy atom. The number of anilines is 1. The lowest BCUT2D eigenvalue weighted by Gasteiger charge is -2.32. The third-order valence-electron chi connectivity index (χ3n) is 4.01. The summed E-state index contributed by atoms with van der Waals surface area (Å²) in [6.45, 7) is 1.15. The van der Waals surface area contributed by atoms with Gasteiger partial charge in [0.15, 0.2) is 0 Å². The zero-order valence-electron chi connectivity index (χ0n) is 15.7. The minimum atomic E-state index is -7.23. The highest BCUT2D eigenvalue weighted by atomic mass is 32.1. The number of thiophene rings is 1. The second-order valence-corrected chi connectivity index (χ2v) is 6.99. The van der Waals surface area contributed by atoms with Crippen molar-refractivity contribution in [2.45, 2.75) is 30.9 Å². The average molecular weight is 493 g/mol. The number of benzene rings is 1. The summed E-state index contributed by atoms with van der Waals surface area (Å²) in [5, 5.41) is 1.50. The van der Waals surface area contributed by atoms with Crippen molar-refractivity contribution >= 4 is 28.2 Å². The first-order valence-corrected chi connectivity index (χ1v) is 9.33. The number of hydrogen-bond donors (Lipinski definition) is 1. The SMILES string of the molecule is CCOC(=O)c1c(-c2ccccc2)csc1NC(=O)C(F)(F)C(F)(F)C(F)(F)C(F)(F)F. The molecule has 0 aliphatic heterocycles. The molecular weight excluding hydrogens is 481 g/mol. The maximum atomic E-state index is 13.9. The van der Waals surface area contributed by atoms with Gasteiger partial charge < -0.3 is 10.1 Å². The first-order valence-electron chi connectivity index (χ1n) is 8.45. The van der Waals surface area contributed by atoms with Crippen LogP contribution in [0.5, 0.6) is 0 Å². The third-order valence-corrected chi connectivity index (χ3v) is 4.91. The van der Waals surface area contributed by atoms with Gasteiger partial charge >= 0.3 is 35.8 Å². The first kappa shape index (κ1) is 25.5. The molecule has 1 aromatic carbocycles. The van der Waals surface area contributed by atoms with Gasteiger partial charge in [-0.2, -0.15) is 39.5 Å².